The number of rotatable bonds is 3. The first-order valence-corrected chi connectivity index (χ1v) is 4.77. The Bertz CT molecular complexity index is 393. The van der Waals surface area contributed by atoms with Gasteiger partial charge in [-0.1, -0.05) is 48.5 Å². The van der Waals surface area contributed by atoms with Crippen molar-refractivity contribution in [2.24, 2.45) is 0 Å². The first kappa shape index (κ1) is 11.5. The minimum Gasteiger partial charge on any atom is -0.426 e. The van der Waals surface area contributed by atoms with Crippen LogP contribution in [0.1, 0.15) is 12.5 Å². The molecule has 0 aliphatic heterocycles. The predicted molar refractivity (Wildman–Crippen MR) is 61.2 cm³/mol. The maximum absolute atomic E-state index is 10.6. The quantitative estimate of drug-likeness (QED) is 0.445. The molecule has 3 heteroatoms. The molecular weight excluding hydrogens is 212 g/mol. The number of ether oxygens (including phenoxy) is 1. The van der Waals surface area contributed by atoms with Gasteiger partial charge in [0.25, 0.3) is 0 Å². The number of hydrogen-bond acceptors (Lipinski definition) is 2. The Morgan fingerprint density at radius 2 is 2.00 bits per heavy atom. The van der Waals surface area contributed by atoms with Crippen LogP contribution in [0.5, 0.6) is 0 Å². The van der Waals surface area contributed by atoms with E-state index in [0.29, 0.717) is 5.03 Å². The number of carbonyl (C=O) groups excluding carboxylic acids is 1. The molecule has 0 amide bonds. The van der Waals surface area contributed by atoms with E-state index in [1.54, 1.807) is 6.08 Å². The zero-order valence-corrected chi connectivity index (χ0v) is 9.12. The summed E-state index contributed by atoms with van der Waals surface area (Å²) in [6.07, 6.45) is 1.69. The Balaban J connectivity index is 2.76. The van der Waals surface area contributed by atoms with Crippen LogP contribution in [0.4, 0.5) is 0 Å². The average molecular weight is 223 g/mol. The van der Waals surface area contributed by atoms with Crippen LogP contribution in [0.3, 0.4) is 0 Å². The summed E-state index contributed by atoms with van der Waals surface area (Å²) < 4.78 is 4.75. The number of carbonyl (C=O) groups is 1. The van der Waals surface area contributed by atoms with Crippen molar-refractivity contribution in [2.45, 2.75) is 6.92 Å². The average Bonchev–Trinajstić information content (AvgIpc) is 2.18. The monoisotopic (exact) mass is 222 g/mol. The van der Waals surface area contributed by atoms with E-state index in [-0.39, 0.29) is 5.76 Å². The molecule has 0 radical (unpaired) electrons. The predicted octanol–water partition coefficient (Wildman–Crippen LogP) is 3.34. The zero-order valence-electron chi connectivity index (χ0n) is 8.37. The highest BCUT2D eigenvalue weighted by molar-refractivity contribution is 6.33. The maximum Gasteiger partial charge on any atom is 0.308 e. The van der Waals surface area contributed by atoms with Crippen molar-refractivity contribution < 1.29 is 9.53 Å². The molecule has 0 N–H and O–H groups in total. The SMILES string of the molecule is C=C(OC(C)=O)/C(Cl)=C/c1ccccc1. The lowest BCUT2D eigenvalue weighted by atomic mass is 10.2. The molecule has 78 valence electrons. The summed E-state index contributed by atoms with van der Waals surface area (Å²) in [4.78, 5) is 10.6. The third-order valence-electron chi connectivity index (χ3n) is 1.63. The molecular formula is C12H11ClO2. The van der Waals surface area contributed by atoms with Gasteiger partial charge in [0.1, 0.15) is 5.76 Å². The first-order valence-electron chi connectivity index (χ1n) is 4.39. The minimum absolute atomic E-state index is 0.160. The van der Waals surface area contributed by atoms with Gasteiger partial charge in [-0.2, -0.15) is 0 Å². The molecule has 0 fully saturated rings. The Morgan fingerprint density at radius 3 is 2.53 bits per heavy atom. The van der Waals surface area contributed by atoms with E-state index >= 15 is 0 Å². The Labute approximate surface area is 93.8 Å². The van der Waals surface area contributed by atoms with Crippen LogP contribution < -0.4 is 0 Å². The maximum atomic E-state index is 10.6. The molecule has 0 heterocycles. The van der Waals surface area contributed by atoms with Gasteiger partial charge in [0.05, 0.1) is 5.03 Å². The van der Waals surface area contributed by atoms with E-state index in [1.807, 2.05) is 30.3 Å². The third-order valence-corrected chi connectivity index (χ3v) is 1.95. The molecule has 1 rings (SSSR count). The minimum atomic E-state index is -0.431. The Kier molecular flexibility index (Phi) is 4.13. The number of benzene rings is 1. The fraction of sp³-hybridized carbons (Fsp3) is 0.0833. The van der Waals surface area contributed by atoms with Crippen molar-refractivity contribution in [3.63, 3.8) is 0 Å². The molecule has 1 aromatic carbocycles. The van der Waals surface area contributed by atoms with Gasteiger partial charge in [-0.3, -0.25) is 4.79 Å². The second-order valence-electron chi connectivity index (χ2n) is 2.92. The van der Waals surface area contributed by atoms with Gasteiger partial charge in [-0.05, 0) is 11.6 Å². The lowest BCUT2D eigenvalue weighted by molar-refractivity contribution is -0.136. The molecule has 0 spiro atoms. The molecule has 1 aromatic rings. The number of halogens is 1. The summed E-state index contributed by atoms with van der Waals surface area (Å²) in [6, 6.07) is 9.48. The van der Waals surface area contributed by atoms with Crippen molar-refractivity contribution in [1.29, 1.82) is 0 Å². The van der Waals surface area contributed by atoms with Gasteiger partial charge in [0, 0.05) is 6.92 Å². The lowest BCUT2D eigenvalue weighted by Crippen LogP contribution is -1.97. The normalized spacial score (nSPS) is 10.9. The second kappa shape index (κ2) is 5.37. The van der Waals surface area contributed by atoms with Gasteiger partial charge in [-0.25, -0.2) is 0 Å². The van der Waals surface area contributed by atoms with Gasteiger partial charge in [0.2, 0.25) is 0 Å². The molecule has 0 bridgehead atoms. The summed E-state index contributed by atoms with van der Waals surface area (Å²) in [7, 11) is 0. The zero-order chi connectivity index (χ0) is 11.3. The standard InChI is InChI=1S/C12H11ClO2/c1-9(15-10(2)14)12(13)8-11-6-4-3-5-7-11/h3-8H,1H2,2H3/b12-8-. The van der Waals surface area contributed by atoms with E-state index in [1.165, 1.54) is 6.92 Å². The fourth-order valence-corrected chi connectivity index (χ4v) is 1.16. The molecule has 0 saturated carbocycles. The summed E-state index contributed by atoms with van der Waals surface area (Å²) in [5, 5.41) is 0.316. The molecule has 0 aliphatic rings. The van der Waals surface area contributed by atoms with Crippen LogP contribution in [-0.2, 0) is 9.53 Å². The highest BCUT2D eigenvalue weighted by Gasteiger charge is 2.03. The van der Waals surface area contributed by atoms with Gasteiger partial charge < -0.3 is 4.74 Å². The van der Waals surface area contributed by atoms with Gasteiger partial charge in [-0.15, -0.1) is 0 Å². The largest absolute Gasteiger partial charge is 0.426 e. The summed E-state index contributed by atoms with van der Waals surface area (Å²) >= 11 is 5.89. The van der Waals surface area contributed by atoms with Crippen molar-refractivity contribution in [3.8, 4) is 0 Å². The smallest absolute Gasteiger partial charge is 0.308 e. The van der Waals surface area contributed by atoms with Crippen LogP contribution in [-0.4, -0.2) is 5.97 Å². The molecule has 0 unspecified atom stereocenters. The van der Waals surface area contributed by atoms with E-state index in [4.69, 9.17) is 16.3 Å². The van der Waals surface area contributed by atoms with E-state index in [0.717, 1.165) is 5.56 Å². The van der Waals surface area contributed by atoms with E-state index in [2.05, 4.69) is 6.58 Å². The van der Waals surface area contributed by atoms with Crippen molar-refractivity contribution >= 4 is 23.6 Å². The Morgan fingerprint density at radius 1 is 1.40 bits per heavy atom. The number of hydrogen-bond donors (Lipinski definition) is 0. The van der Waals surface area contributed by atoms with Crippen LogP contribution in [0, 0.1) is 0 Å². The molecule has 2 nitrogen and oxygen atoms in total. The van der Waals surface area contributed by atoms with Crippen LogP contribution >= 0.6 is 11.6 Å². The van der Waals surface area contributed by atoms with Crippen LogP contribution in [0.15, 0.2) is 47.7 Å². The van der Waals surface area contributed by atoms with Crippen molar-refractivity contribution in [2.75, 3.05) is 0 Å². The van der Waals surface area contributed by atoms with Gasteiger partial charge in [0.15, 0.2) is 0 Å². The summed E-state index contributed by atoms with van der Waals surface area (Å²) in [5.41, 5.74) is 0.927. The molecule has 0 aliphatic carbocycles. The Hall–Kier alpha value is -1.54. The van der Waals surface area contributed by atoms with E-state index < -0.39 is 5.97 Å². The van der Waals surface area contributed by atoms with Crippen LogP contribution in [0.25, 0.3) is 6.08 Å². The summed E-state index contributed by atoms with van der Waals surface area (Å²) in [5.74, 6) is -0.271. The van der Waals surface area contributed by atoms with E-state index in [9.17, 15) is 4.79 Å². The van der Waals surface area contributed by atoms with Crippen LogP contribution in [0.2, 0.25) is 0 Å². The topological polar surface area (TPSA) is 26.3 Å². The molecule has 0 atom stereocenters. The number of allylic oxidation sites excluding steroid dienone is 1. The van der Waals surface area contributed by atoms with Gasteiger partial charge >= 0.3 is 5.97 Å². The van der Waals surface area contributed by atoms with Crippen molar-refractivity contribution in [1.82, 2.24) is 0 Å². The second-order valence-corrected chi connectivity index (χ2v) is 3.33. The number of esters is 1. The molecule has 15 heavy (non-hydrogen) atoms. The third kappa shape index (κ3) is 4.00. The molecule has 0 aromatic heterocycles. The lowest BCUT2D eigenvalue weighted by Gasteiger charge is -2.03. The fourth-order valence-electron chi connectivity index (χ4n) is 0.998. The first-order chi connectivity index (χ1) is 7.09. The highest BCUT2D eigenvalue weighted by atomic mass is 35.5. The highest BCUT2D eigenvalue weighted by Crippen LogP contribution is 2.18. The summed E-state index contributed by atoms with van der Waals surface area (Å²) in [6.45, 7) is 4.85. The van der Waals surface area contributed by atoms with Crippen molar-refractivity contribution in [3.05, 3.63) is 53.3 Å². The molecule has 0 saturated heterocycles.